The summed E-state index contributed by atoms with van der Waals surface area (Å²) in [5.74, 6) is 0.160. The van der Waals surface area contributed by atoms with Gasteiger partial charge in [0, 0.05) is 19.2 Å². The lowest BCUT2D eigenvalue weighted by atomic mass is 10.0. The molecular formula is C14H19ClN2O3. The summed E-state index contributed by atoms with van der Waals surface area (Å²) in [5, 5.41) is 10.7. The van der Waals surface area contributed by atoms with Crippen molar-refractivity contribution in [3.05, 3.63) is 38.9 Å². The van der Waals surface area contributed by atoms with E-state index in [0.717, 1.165) is 6.42 Å². The first-order valence-corrected chi connectivity index (χ1v) is 6.83. The van der Waals surface area contributed by atoms with E-state index in [1.807, 2.05) is 6.92 Å². The van der Waals surface area contributed by atoms with Crippen molar-refractivity contribution in [3.63, 3.8) is 0 Å². The van der Waals surface area contributed by atoms with Gasteiger partial charge in [-0.15, -0.1) is 0 Å². The molecule has 0 saturated heterocycles. The Bertz CT molecular complexity index is 517. The smallest absolute Gasteiger partial charge is 0.288 e. The van der Waals surface area contributed by atoms with Crippen molar-refractivity contribution in [2.24, 2.45) is 5.92 Å². The zero-order chi connectivity index (χ0) is 15.4. The first-order chi connectivity index (χ1) is 9.25. The van der Waals surface area contributed by atoms with Crippen LogP contribution in [0.15, 0.2) is 18.2 Å². The molecule has 1 aromatic carbocycles. The number of nitro benzene ring substituents is 1. The summed E-state index contributed by atoms with van der Waals surface area (Å²) in [7, 11) is 1.69. The molecule has 1 atom stereocenters. The fourth-order valence-corrected chi connectivity index (χ4v) is 2.33. The topological polar surface area (TPSA) is 63.5 Å². The number of benzene rings is 1. The Hall–Kier alpha value is -1.62. The molecule has 0 N–H and O–H groups in total. The number of hydrogen-bond acceptors (Lipinski definition) is 3. The van der Waals surface area contributed by atoms with Gasteiger partial charge in [-0.05, 0) is 25.3 Å². The molecule has 1 amide bonds. The lowest BCUT2D eigenvalue weighted by Crippen LogP contribution is -2.36. The summed E-state index contributed by atoms with van der Waals surface area (Å²) in [4.78, 5) is 24.2. The molecule has 0 aliphatic rings. The predicted molar refractivity (Wildman–Crippen MR) is 79.1 cm³/mol. The van der Waals surface area contributed by atoms with Crippen LogP contribution < -0.4 is 0 Å². The highest BCUT2D eigenvalue weighted by Crippen LogP contribution is 2.29. The molecule has 1 unspecified atom stereocenters. The highest BCUT2D eigenvalue weighted by atomic mass is 35.5. The van der Waals surface area contributed by atoms with Gasteiger partial charge in [0.15, 0.2) is 0 Å². The van der Waals surface area contributed by atoms with Gasteiger partial charge in [0.1, 0.15) is 5.02 Å². The van der Waals surface area contributed by atoms with Crippen molar-refractivity contribution in [2.75, 3.05) is 7.05 Å². The summed E-state index contributed by atoms with van der Waals surface area (Å²) < 4.78 is 0. The molecule has 0 radical (unpaired) electrons. The van der Waals surface area contributed by atoms with E-state index in [1.165, 1.54) is 18.2 Å². The molecule has 110 valence electrons. The lowest BCUT2D eigenvalue weighted by molar-refractivity contribution is -0.384. The number of amides is 1. The van der Waals surface area contributed by atoms with Gasteiger partial charge in [0.2, 0.25) is 0 Å². The van der Waals surface area contributed by atoms with Crippen LogP contribution >= 0.6 is 11.6 Å². The number of rotatable bonds is 5. The Balaban J connectivity index is 3.03. The summed E-state index contributed by atoms with van der Waals surface area (Å²) in [6, 6.07) is 4.31. The van der Waals surface area contributed by atoms with Gasteiger partial charge in [-0.3, -0.25) is 14.9 Å². The maximum absolute atomic E-state index is 12.4. The van der Waals surface area contributed by atoms with Gasteiger partial charge >= 0.3 is 0 Å². The summed E-state index contributed by atoms with van der Waals surface area (Å²) in [5.41, 5.74) is -0.0820. The van der Waals surface area contributed by atoms with Crippen molar-refractivity contribution < 1.29 is 9.72 Å². The molecule has 20 heavy (non-hydrogen) atoms. The zero-order valence-electron chi connectivity index (χ0n) is 12.1. The first kappa shape index (κ1) is 16.4. The minimum atomic E-state index is -0.587. The molecule has 1 aromatic rings. The molecule has 0 saturated carbocycles. The van der Waals surface area contributed by atoms with Crippen molar-refractivity contribution in [2.45, 2.75) is 33.2 Å². The molecule has 0 aliphatic heterocycles. The van der Waals surface area contributed by atoms with Crippen molar-refractivity contribution in [1.82, 2.24) is 4.90 Å². The second kappa shape index (κ2) is 6.70. The molecule has 5 nitrogen and oxygen atoms in total. The third-order valence-corrected chi connectivity index (χ3v) is 3.60. The van der Waals surface area contributed by atoms with Crippen LogP contribution in [0.3, 0.4) is 0 Å². The van der Waals surface area contributed by atoms with E-state index in [-0.39, 0.29) is 28.2 Å². The SMILES string of the molecule is CC(C)CC(C)N(C)C(=O)c1cccc([N+](=O)[O-])c1Cl. The van der Waals surface area contributed by atoms with Gasteiger partial charge in [-0.25, -0.2) is 0 Å². The normalized spacial score (nSPS) is 12.3. The molecule has 0 aliphatic carbocycles. The van der Waals surface area contributed by atoms with Crippen LogP contribution in [0.1, 0.15) is 37.6 Å². The maximum Gasteiger partial charge on any atom is 0.288 e. The Morgan fingerprint density at radius 2 is 2.00 bits per heavy atom. The number of hydrogen-bond donors (Lipinski definition) is 0. The van der Waals surface area contributed by atoms with E-state index in [1.54, 1.807) is 11.9 Å². The minimum absolute atomic E-state index is 0.0397. The van der Waals surface area contributed by atoms with E-state index >= 15 is 0 Å². The zero-order valence-corrected chi connectivity index (χ0v) is 12.8. The predicted octanol–water partition coefficient (Wildman–Crippen LogP) is 3.75. The Morgan fingerprint density at radius 1 is 1.40 bits per heavy atom. The van der Waals surface area contributed by atoms with Gasteiger partial charge in [-0.1, -0.05) is 31.5 Å². The fraction of sp³-hybridized carbons (Fsp3) is 0.500. The lowest BCUT2D eigenvalue weighted by Gasteiger charge is -2.26. The van der Waals surface area contributed by atoms with Gasteiger partial charge in [0.25, 0.3) is 11.6 Å². The van der Waals surface area contributed by atoms with Crippen molar-refractivity contribution in [1.29, 1.82) is 0 Å². The summed E-state index contributed by atoms with van der Waals surface area (Å²) >= 11 is 5.96. The van der Waals surface area contributed by atoms with Crippen LogP contribution in [0.5, 0.6) is 0 Å². The second-order valence-corrected chi connectivity index (χ2v) is 5.67. The number of carbonyl (C=O) groups is 1. The molecular weight excluding hydrogens is 280 g/mol. The Kier molecular flexibility index (Phi) is 5.51. The monoisotopic (exact) mass is 298 g/mol. The second-order valence-electron chi connectivity index (χ2n) is 5.29. The van der Waals surface area contributed by atoms with Crippen LogP contribution in [0.25, 0.3) is 0 Å². The maximum atomic E-state index is 12.4. The number of nitro groups is 1. The van der Waals surface area contributed by atoms with Crippen LogP contribution in [0.2, 0.25) is 5.02 Å². The third-order valence-electron chi connectivity index (χ3n) is 3.20. The van der Waals surface area contributed by atoms with Gasteiger partial charge in [-0.2, -0.15) is 0 Å². The Labute approximate surface area is 123 Å². The fourth-order valence-electron chi connectivity index (χ4n) is 2.06. The highest BCUT2D eigenvalue weighted by Gasteiger charge is 2.24. The van der Waals surface area contributed by atoms with Crippen molar-refractivity contribution in [3.8, 4) is 0 Å². The molecule has 0 bridgehead atoms. The minimum Gasteiger partial charge on any atom is -0.339 e. The molecule has 1 rings (SSSR count). The molecule has 6 heteroatoms. The van der Waals surface area contributed by atoms with E-state index in [0.29, 0.717) is 5.92 Å². The summed E-state index contributed by atoms with van der Waals surface area (Å²) in [6.07, 6.45) is 0.856. The third kappa shape index (κ3) is 3.70. The average Bonchev–Trinajstić information content (AvgIpc) is 2.36. The number of carbonyl (C=O) groups excluding carboxylic acids is 1. The number of nitrogens with zero attached hydrogens (tertiary/aromatic N) is 2. The van der Waals surface area contributed by atoms with Gasteiger partial charge in [0.05, 0.1) is 10.5 Å². The van der Waals surface area contributed by atoms with E-state index in [9.17, 15) is 14.9 Å². The van der Waals surface area contributed by atoms with E-state index in [2.05, 4.69) is 13.8 Å². The average molecular weight is 299 g/mol. The highest BCUT2D eigenvalue weighted by molar-refractivity contribution is 6.35. The van der Waals surface area contributed by atoms with Crippen LogP contribution in [0, 0.1) is 16.0 Å². The Morgan fingerprint density at radius 3 is 2.50 bits per heavy atom. The van der Waals surface area contributed by atoms with E-state index < -0.39 is 4.92 Å². The summed E-state index contributed by atoms with van der Waals surface area (Å²) in [6.45, 7) is 6.10. The molecule has 0 fully saturated rings. The van der Waals surface area contributed by atoms with Crippen LogP contribution in [-0.4, -0.2) is 28.8 Å². The molecule has 0 aromatic heterocycles. The van der Waals surface area contributed by atoms with Gasteiger partial charge < -0.3 is 4.90 Å². The largest absolute Gasteiger partial charge is 0.339 e. The number of halogens is 1. The quantitative estimate of drug-likeness (QED) is 0.614. The standard InChI is InChI=1S/C14H19ClN2O3/c1-9(2)8-10(3)16(4)14(18)11-6-5-7-12(13(11)15)17(19)20/h5-7,9-10H,8H2,1-4H3. The van der Waals surface area contributed by atoms with Crippen molar-refractivity contribution >= 4 is 23.2 Å². The van der Waals surface area contributed by atoms with Crippen LogP contribution in [-0.2, 0) is 0 Å². The van der Waals surface area contributed by atoms with Crippen LogP contribution in [0.4, 0.5) is 5.69 Å². The first-order valence-electron chi connectivity index (χ1n) is 6.45. The molecule has 0 heterocycles. The molecule has 0 spiro atoms. The van der Waals surface area contributed by atoms with E-state index in [4.69, 9.17) is 11.6 Å².